The van der Waals surface area contributed by atoms with Crippen molar-refractivity contribution in [3.8, 4) is 5.75 Å². The summed E-state index contributed by atoms with van der Waals surface area (Å²) in [7, 11) is 1.61. The van der Waals surface area contributed by atoms with Crippen LogP contribution in [0.1, 0.15) is 0 Å². The number of thiazole rings is 1. The van der Waals surface area contributed by atoms with Crippen LogP contribution in [-0.4, -0.2) is 30.8 Å². The predicted molar refractivity (Wildman–Crippen MR) is 109 cm³/mol. The van der Waals surface area contributed by atoms with Crippen LogP contribution in [0.25, 0.3) is 10.2 Å². The number of hydrogen-bond acceptors (Lipinski definition) is 4. The Hall–Kier alpha value is -1.57. The molecule has 0 aliphatic rings. The SMILES string of the molecule is COCCn1c(=NC(=O)COc2ccc(Cl)cc2)sc2cc(Cl)cc(Cl)c21. The van der Waals surface area contributed by atoms with E-state index in [0.717, 1.165) is 10.2 Å². The highest BCUT2D eigenvalue weighted by atomic mass is 35.5. The minimum Gasteiger partial charge on any atom is -0.484 e. The molecule has 1 aromatic heterocycles. The fourth-order valence-corrected chi connectivity index (χ4v) is 4.40. The lowest BCUT2D eigenvalue weighted by Crippen LogP contribution is -2.21. The zero-order chi connectivity index (χ0) is 19.4. The van der Waals surface area contributed by atoms with E-state index in [-0.39, 0.29) is 6.61 Å². The molecule has 3 rings (SSSR count). The minimum atomic E-state index is -0.412. The number of hydrogen-bond donors (Lipinski definition) is 0. The Morgan fingerprint density at radius 3 is 2.59 bits per heavy atom. The van der Waals surface area contributed by atoms with Crippen LogP contribution in [0.3, 0.4) is 0 Å². The van der Waals surface area contributed by atoms with Crippen molar-refractivity contribution in [3.05, 3.63) is 56.3 Å². The number of halogens is 3. The summed E-state index contributed by atoms with van der Waals surface area (Å²) in [5, 5.41) is 1.62. The lowest BCUT2D eigenvalue weighted by molar-refractivity contribution is -0.120. The molecule has 1 heterocycles. The number of methoxy groups -OCH3 is 1. The summed E-state index contributed by atoms with van der Waals surface area (Å²) in [6.45, 7) is 0.768. The average Bonchev–Trinajstić information content (AvgIpc) is 2.96. The Morgan fingerprint density at radius 1 is 1.15 bits per heavy atom. The van der Waals surface area contributed by atoms with Crippen LogP contribution in [0.15, 0.2) is 41.4 Å². The van der Waals surface area contributed by atoms with Gasteiger partial charge in [-0.25, -0.2) is 0 Å². The van der Waals surface area contributed by atoms with E-state index in [9.17, 15) is 4.79 Å². The highest BCUT2D eigenvalue weighted by molar-refractivity contribution is 7.16. The van der Waals surface area contributed by atoms with Crippen molar-refractivity contribution in [1.29, 1.82) is 0 Å². The average molecular weight is 446 g/mol. The molecule has 9 heteroatoms. The highest BCUT2D eigenvalue weighted by Crippen LogP contribution is 2.29. The lowest BCUT2D eigenvalue weighted by Gasteiger charge is -2.06. The molecule has 0 saturated heterocycles. The van der Waals surface area contributed by atoms with Crippen LogP contribution in [0, 0.1) is 0 Å². The second-order valence-electron chi connectivity index (χ2n) is 5.51. The molecule has 5 nitrogen and oxygen atoms in total. The number of fused-ring (bicyclic) bond motifs is 1. The maximum absolute atomic E-state index is 12.3. The third-order valence-corrected chi connectivity index (χ3v) is 5.39. The van der Waals surface area contributed by atoms with Gasteiger partial charge in [-0.05, 0) is 36.4 Å². The van der Waals surface area contributed by atoms with E-state index < -0.39 is 5.91 Å². The van der Waals surface area contributed by atoms with Gasteiger partial charge in [0, 0.05) is 23.7 Å². The molecular weight excluding hydrogens is 431 g/mol. The van der Waals surface area contributed by atoms with Gasteiger partial charge in [-0.3, -0.25) is 4.79 Å². The first kappa shape index (κ1) is 20.2. The summed E-state index contributed by atoms with van der Waals surface area (Å²) in [5.41, 5.74) is 0.772. The normalized spacial score (nSPS) is 11.9. The molecule has 27 heavy (non-hydrogen) atoms. The van der Waals surface area contributed by atoms with Gasteiger partial charge in [-0.15, -0.1) is 0 Å². The standard InChI is InChI=1S/C18H15Cl3N2O3S/c1-25-7-6-23-17-14(21)8-12(20)9-15(17)27-18(23)22-16(24)10-26-13-4-2-11(19)3-5-13/h2-5,8-9H,6-7,10H2,1H3. The minimum absolute atomic E-state index is 0.186. The zero-order valence-electron chi connectivity index (χ0n) is 14.2. The monoisotopic (exact) mass is 444 g/mol. The van der Waals surface area contributed by atoms with Crippen LogP contribution in [0.4, 0.5) is 0 Å². The Labute approximate surface area is 174 Å². The second kappa shape index (κ2) is 9.08. The first-order valence-corrected chi connectivity index (χ1v) is 9.86. The van der Waals surface area contributed by atoms with E-state index in [4.69, 9.17) is 44.3 Å². The Morgan fingerprint density at radius 2 is 1.89 bits per heavy atom. The van der Waals surface area contributed by atoms with Crippen LogP contribution >= 0.6 is 46.1 Å². The summed E-state index contributed by atoms with van der Waals surface area (Å²) in [5.74, 6) is 0.131. The van der Waals surface area contributed by atoms with Gasteiger partial charge in [0.25, 0.3) is 5.91 Å². The summed E-state index contributed by atoms with van der Waals surface area (Å²) in [6, 6.07) is 10.2. The van der Waals surface area contributed by atoms with Gasteiger partial charge in [0.1, 0.15) is 5.75 Å². The molecule has 0 fully saturated rings. The van der Waals surface area contributed by atoms with Crippen molar-refractivity contribution in [1.82, 2.24) is 4.57 Å². The van der Waals surface area contributed by atoms with Gasteiger partial charge < -0.3 is 14.0 Å². The van der Waals surface area contributed by atoms with E-state index in [1.54, 1.807) is 43.5 Å². The Kier molecular flexibility index (Phi) is 6.78. The molecule has 1 amide bonds. The number of nitrogens with zero attached hydrogens (tertiary/aromatic N) is 2. The van der Waals surface area contributed by atoms with Crippen molar-refractivity contribution < 1.29 is 14.3 Å². The number of aromatic nitrogens is 1. The molecule has 0 unspecified atom stereocenters. The van der Waals surface area contributed by atoms with E-state index in [1.807, 2.05) is 4.57 Å². The largest absolute Gasteiger partial charge is 0.484 e. The van der Waals surface area contributed by atoms with Crippen molar-refractivity contribution in [3.63, 3.8) is 0 Å². The summed E-state index contributed by atoms with van der Waals surface area (Å²) < 4.78 is 13.3. The highest BCUT2D eigenvalue weighted by Gasteiger charge is 2.12. The van der Waals surface area contributed by atoms with Crippen molar-refractivity contribution >= 4 is 62.3 Å². The number of rotatable bonds is 6. The molecule has 0 aliphatic carbocycles. The first-order valence-electron chi connectivity index (χ1n) is 7.91. The topological polar surface area (TPSA) is 52.8 Å². The molecule has 0 atom stereocenters. The Bertz CT molecular complexity index is 1030. The van der Waals surface area contributed by atoms with Crippen molar-refractivity contribution in [2.45, 2.75) is 6.54 Å². The third-order valence-electron chi connectivity index (χ3n) is 3.61. The fourth-order valence-electron chi connectivity index (χ4n) is 2.42. The van der Waals surface area contributed by atoms with Crippen LogP contribution in [0.2, 0.25) is 15.1 Å². The molecule has 3 aromatic rings. The number of benzene rings is 2. The number of amides is 1. The van der Waals surface area contributed by atoms with E-state index >= 15 is 0 Å². The quantitative estimate of drug-likeness (QED) is 0.547. The summed E-state index contributed by atoms with van der Waals surface area (Å²) >= 11 is 19.6. The van der Waals surface area contributed by atoms with Crippen LogP contribution < -0.4 is 9.54 Å². The second-order valence-corrected chi connectivity index (χ2v) is 7.80. The third kappa shape index (κ3) is 5.03. The predicted octanol–water partition coefficient (Wildman–Crippen LogP) is 4.82. The molecule has 0 spiro atoms. The molecule has 0 saturated carbocycles. The molecule has 142 valence electrons. The molecule has 0 N–H and O–H groups in total. The maximum atomic E-state index is 12.3. The number of ether oxygens (including phenoxy) is 2. The van der Waals surface area contributed by atoms with Crippen LogP contribution in [-0.2, 0) is 16.1 Å². The number of carbonyl (C=O) groups excluding carboxylic acids is 1. The molecule has 2 aromatic carbocycles. The van der Waals surface area contributed by atoms with Gasteiger partial charge >= 0.3 is 0 Å². The smallest absolute Gasteiger partial charge is 0.286 e. The van der Waals surface area contributed by atoms with E-state index in [0.29, 0.717) is 38.8 Å². The van der Waals surface area contributed by atoms with Crippen LogP contribution in [0.5, 0.6) is 5.75 Å². The molecule has 0 aliphatic heterocycles. The van der Waals surface area contributed by atoms with Crippen molar-refractivity contribution in [2.24, 2.45) is 4.99 Å². The van der Waals surface area contributed by atoms with Gasteiger partial charge in [-0.2, -0.15) is 4.99 Å². The molecular formula is C18H15Cl3N2O3S. The number of carbonyl (C=O) groups is 1. The summed E-state index contributed by atoms with van der Waals surface area (Å²) in [6.07, 6.45) is 0. The molecule has 0 radical (unpaired) electrons. The Balaban J connectivity index is 1.90. The van der Waals surface area contributed by atoms with Gasteiger partial charge in [-0.1, -0.05) is 46.1 Å². The fraction of sp³-hybridized carbons (Fsp3) is 0.222. The lowest BCUT2D eigenvalue weighted by atomic mass is 10.3. The maximum Gasteiger partial charge on any atom is 0.286 e. The summed E-state index contributed by atoms with van der Waals surface area (Å²) in [4.78, 5) is 17.0. The first-order chi connectivity index (χ1) is 13.0. The van der Waals surface area contributed by atoms with E-state index in [1.165, 1.54) is 11.3 Å². The van der Waals surface area contributed by atoms with E-state index in [2.05, 4.69) is 4.99 Å². The zero-order valence-corrected chi connectivity index (χ0v) is 17.3. The van der Waals surface area contributed by atoms with Crippen molar-refractivity contribution in [2.75, 3.05) is 20.3 Å². The van der Waals surface area contributed by atoms with Gasteiger partial charge in [0.05, 0.1) is 21.8 Å². The molecule has 0 bridgehead atoms. The van der Waals surface area contributed by atoms with Gasteiger partial charge in [0.2, 0.25) is 0 Å². The van der Waals surface area contributed by atoms with Gasteiger partial charge in [0.15, 0.2) is 11.4 Å².